The molecule has 0 aliphatic rings. The van der Waals surface area contributed by atoms with Crippen LogP contribution in [0.5, 0.6) is 11.5 Å². The van der Waals surface area contributed by atoms with Crippen molar-refractivity contribution in [2.45, 2.75) is 0 Å². The third-order valence-electron chi connectivity index (χ3n) is 1.63. The number of halogens is 2. The molecule has 0 aliphatic heterocycles. The second-order valence-corrected chi connectivity index (χ2v) is 4.32. The highest BCUT2D eigenvalue weighted by atomic mass is 79.9. The van der Waals surface area contributed by atoms with Crippen LogP contribution in [0.15, 0.2) is 50.2 Å². The number of rotatable bonds is 2. The Morgan fingerprint density at radius 1 is 1.07 bits per heavy atom. The van der Waals surface area contributed by atoms with Crippen LogP contribution in [0.25, 0.3) is 0 Å². The van der Waals surface area contributed by atoms with E-state index < -0.39 is 0 Å². The lowest BCUT2D eigenvalue weighted by atomic mass is 10.3. The summed E-state index contributed by atoms with van der Waals surface area (Å²) in [6.07, 6.45) is 3.12. The molecule has 14 heavy (non-hydrogen) atoms. The van der Waals surface area contributed by atoms with E-state index in [0.717, 1.165) is 14.7 Å². The van der Waals surface area contributed by atoms with Gasteiger partial charge in [-0.3, -0.25) is 0 Å². The van der Waals surface area contributed by atoms with E-state index in [1.54, 1.807) is 18.6 Å². The van der Waals surface area contributed by atoms with Crippen LogP contribution in [0.1, 0.15) is 0 Å². The molecule has 0 aliphatic carbocycles. The first kappa shape index (κ1) is 9.80. The van der Waals surface area contributed by atoms with E-state index in [0.29, 0.717) is 5.75 Å². The van der Waals surface area contributed by atoms with E-state index in [1.807, 2.05) is 18.2 Å². The minimum absolute atomic E-state index is 0.678. The van der Waals surface area contributed by atoms with Crippen LogP contribution in [0, 0.1) is 0 Å². The molecule has 0 amide bonds. The molecule has 4 heteroatoms. The highest BCUT2D eigenvalue weighted by Gasteiger charge is 2.07. The molecule has 0 spiro atoms. The van der Waals surface area contributed by atoms with Gasteiger partial charge >= 0.3 is 0 Å². The summed E-state index contributed by atoms with van der Waals surface area (Å²) in [4.78, 5) is 0. The molecule has 1 heterocycles. The van der Waals surface area contributed by atoms with Crippen LogP contribution in [-0.4, -0.2) is 0 Å². The molecule has 2 nitrogen and oxygen atoms in total. The zero-order chi connectivity index (χ0) is 9.97. The molecule has 0 fully saturated rings. The molecule has 2 aromatic rings. The van der Waals surface area contributed by atoms with Gasteiger partial charge in [0, 0.05) is 6.07 Å². The summed E-state index contributed by atoms with van der Waals surface area (Å²) in [5, 5.41) is 0. The summed E-state index contributed by atoms with van der Waals surface area (Å²) < 4.78 is 12.3. The lowest BCUT2D eigenvalue weighted by molar-refractivity contribution is 0.461. The minimum atomic E-state index is 0.678. The van der Waals surface area contributed by atoms with Gasteiger partial charge in [0.1, 0.15) is 6.26 Å². The molecule has 2 rings (SSSR count). The highest BCUT2D eigenvalue weighted by molar-refractivity contribution is 9.11. The van der Waals surface area contributed by atoms with Crippen LogP contribution < -0.4 is 4.74 Å². The Morgan fingerprint density at radius 3 is 2.36 bits per heavy atom. The summed E-state index contributed by atoms with van der Waals surface area (Å²) in [6, 6.07) is 7.52. The first-order chi connectivity index (χ1) is 6.77. The summed E-state index contributed by atoms with van der Waals surface area (Å²) in [5.74, 6) is 1.42. The van der Waals surface area contributed by atoms with Crippen molar-refractivity contribution in [2.75, 3.05) is 0 Å². The zero-order valence-corrected chi connectivity index (χ0v) is 10.2. The Labute approximate surface area is 98.1 Å². The van der Waals surface area contributed by atoms with Gasteiger partial charge in [0.25, 0.3) is 0 Å². The quantitative estimate of drug-likeness (QED) is 0.808. The van der Waals surface area contributed by atoms with Gasteiger partial charge in [-0.05, 0) is 44.0 Å². The maximum Gasteiger partial charge on any atom is 0.165 e. The number of benzene rings is 1. The molecule has 1 aromatic carbocycles. The van der Waals surface area contributed by atoms with Gasteiger partial charge in [-0.2, -0.15) is 0 Å². The van der Waals surface area contributed by atoms with E-state index in [-0.39, 0.29) is 0 Å². The summed E-state index contributed by atoms with van der Waals surface area (Å²) >= 11 is 6.81. The predicted molar refractivity (Wildman–Crippen MR) is 60.6 cm³/mol. The predicted octanol–water partition coefficient (Wildman–Crippen LogP) is 4.60. The first-order valence-corrected chi connectivity index (χ1v) is 5.50. The molecular weight excluding hydrogens is 312 g/mol. The van der Waals surface area contributed by atoms with Crippen molar-refractivity contribution in [3.8, 4) is 11.5 Å². The smallest absolute Gasteiger partial charge is 0.165 e. The lowest BCUT2D eigenvalue weighted by Gasteiger charge is -2.06. The normalized spacial score (nSPS) is 10.1. The van der Waals surface area contributed by atoms with E-state index >= 15 is 0 Å². The van der Waals surface area contributed by atoms with Gasteiger partial charge in [0.2, 0.25) is 0 Å². The molecule has 0 radical (unpaired) electrons. The summed E-state index contributed by atoms with van der Waals surface area (Å²) in [7, 11) is 0. The van der Waals surface area contributed by atoms with Crippen molar-refractivity contribution >= 4 is 31.9 Å². The summed E-state index contributed by atoms with van der Waals surface area (Å²) in [5.41, 5.74) is 0. The minimum Gasteiger partial charge on any atom is -0.469 e. The molecule has 0 atom stereocenters. The van der Waals surface area contributed by atoms with Crippen LogP contribution in [0.3, 0.4) is 0 Å². The maximum absolute atomic E-state index is 5.59. The van der Waals surface area contributed by atoms with Crippen LogP contribution >= 0.6 is 31.9 Å². The fourth-order valence-electron chi connectivity index (χ4n) is 1.01. The van der Waals surface area contributed by atoms with E-state index in [2.05, 4.69) is 31.9 Å². The van der Waals surface area contributed by atoms with E-state index in [4.69, 9.17) is 9.15 Å². The van der Waals surface area contributed by atoms with Crippen LogP contribution in [0.2, 0.25) is 0 Å². The Balaban J connectivity index is 2.33. The van der Waals surface area contributed by atoms with E-state index in [1.165, 1.54) is 0 Å². The average molecular weight is 318 g/mol. The third kappa shape index (κ3) is 2.01. The largest absolute Gasteiger partial charge is 0.469 e. The second kappa shape index (κ2) is 4.19. The van der Waals surface area contributed by atoms with Gasteiger partial charge in [-0.15, -0.1) is 0 Å². The van der Waals surface area contributed by atoms with Gasteiger partial charge in [-0.1, -0.05) is 6.07 Å². The van der Waals surface area contributed by atoms with Crippen LogP contribution in [0.4, 0.5) is 0 Å². The number of furan rings is 1. The Morgan fingerprint density at radius 2 is 1.79 bits per heavy atom. The van der Waals surface area contributed by atoms with E-state index in [9.17, 15) is 0 Å². The lowest BCUT2D eigenvalue weighted by Crippen LogP contribution is -1.84. The molecular formula is C10H6Br2O2. The molecule has 72 valence electrons. The van der Waals surface area contributed by atoms with Crippen molar-refractivity contribution in [1.82, 2.24) is 0 Å². The van der Waals surface area contributed by atoms with Crippen molar-refractivity contribution in [3.63, 3.8) is 0 Å². The third-order valence-corrected chi connectivity index (χ3v) is 2.88. The fourth-order valence-corrected chi connectivity index (χ4v) is 2.17. The topological polar surface area (TPSA) is 22.4 Å². The average Bonchev–Trinajstić information content (AvgIpc) is 2.64. The highest BCUT2D eigenvalue weighted by Crippen LogP contribution is 2.36. The van der Waals surface area contributed by atoms with Gasteiger partial charge in [0.15, 0.2) is 11.5 Å². The van der Waals surface area contributed by atoms with Gasteiger partial charge in [0.05, 0.1) is 15.2 Å². The standard InChI is InChI=1S/C10H6Br2O2/c11-8-2-1-3-9(12)10(8)14-7-4-5-13-6-7/h1-6H. The molecule has 1 aromatic heterocycles. The van der Waals surface area contributed by atoms with Gasteiger partial charge < -0.3 is 9.15 Å². The SMILES string of the molecule is Brc1cccc(Br)c1Oc1ccoc1. The number of hydrogen-bond donors (Lipinski definition) is 0. The molecule has 0 N–H and O–H groups in total. The molecule has 0 saturated carbocycles. The fraction of sp³-hybridized carbons (Fsp3) is 0. The number of para-hydroxylation sites is 1. The number of ether oxygens (including phenoxy) is 1. The van der Waals surface area contributed by atoms with Crippen molar-refractivity contribution in [2.24, 2.45) is 0 Å². The first-order valence-electron chi connectivity index (χ1n) is 3.91. The van der Waals surface area contributed by atoms with Gasteiger partial charge in [-0.25, -0.2) is 0 Å². The molecule has 0 saturated heterocycles. The monoisotopic (exact) mass is 316 g/mol. The number of hydrogen-bond acceptors (Lipinski definition) is 2. The second-order valence-electron chi connectivity index (χ2n) is 2.61. The zero-order valence-electron chi connectivity index (χ0n) is 7.04. The van der Waals surface area contributed by atoms with Crippen LogP contribution in [-0.2, 0) is 0 Å². The Kier molecular flexibility index (Phi) is 2.93. The van der Waals surface area contributed by atoms with Crippen molar-refractivity contribution in [3.05, 3.63) is 45.7 Å². The molecule has 0 bridgehead atoms. The van der Waals surface area contributed by atoms with Crippen molar-refractivity contribution < 1.29 is 9.15 Å². The summed E-state index contributed by atoms with van der Waals surface area (Å²) in [6.45, 7) is 0. The van der Waals surface area contributed by atoms with Crippen molar-refractivity contribution in [1.29, 1.82) is 0 Å². The Bertz CT molecular complexity index is 403. The Hall–Kier alpha value is -0.740. The maximum atomic E-state index is 5.59. The molecule has 0 unspecified atom stereocenters.